The molecule has 0 spiro atoms. The molecule has 1 heterocycles. The van der Waals surface area contributed by atoms with Gasteiger partial charge in [-0.2, -0.15) is 0 Å². The number of nitrogens with one attached hydrogen (secondary N) is 1. The molecular formula is C20H23Cl2F3N2O4. The molecule has 31 heavy (non-hydrogen) atoms. The standard InChI is InChI=1S/C20H21F3N2O4.2ClH/c1-13(26)28-18-7-4-15(12-17(18)27)19(25-10-8-24-9-11-25)14-2-5-16(6-3-14)29-20(21,22)23;;/h2-7,12,19,24,27H,8-11H2,1H3;2*1H/t19-;;/m0../s1. The molecule has 2 N–H and O–H groups in total. The van der Waals surface area contributed by atoms with E-state index in [-0.39, 0.29) is 48.1 Å². The minimum absolute atomic E-state index is 0. The average Bonchev–Trinajstić information content (AvgIpc) is 2.65. The molecule has 1 aliphatic heterocycles. The van der Waals surface area contributed by atoms with Gasteiger partial charge in [-0.1, -0.05) is 18.2 Å². The molecule has 0 aliphatic carbocycles. The van der Waals surface area contributed by atoms with E-state index >= 15 is 0 Å². The highest BCUT2D eigenvalue weighted by Gasteiger charge is 2.31. The molecule has 0 aromatic heterocycles. The number of halogens is 5. The van der Waals surface area contributed by atoms with E-state index in [9.17, 15) is 23.1 Å². The number of carbonyl (C=O) groups is 1. The number of hydrogen-bond donors (Lipinski definition) is 2. The number of benzene rings is 2. The van der Waals surface area contributed by atoms with Crippen LogP contribution >= 0.6 is 24.8 Å². The normalized spacial score (nSPS) is 15.2. The fourth-order valence-electron chi connectivity index (χ4n) is 3.35. The first-order valence-corrected chi connectivity index (χ1v) is 9.05. The number of nitrogens with zero attached hydrogens (tertiary/aromatic N) is 1. The third-order valence-corrected chi connectivity index (χ3v) is 4.50. The molecule has 11 heteroatoms. The molecule has 172 valence electrons. The fourth-order valence-corrected chi connectivity index (χ4v) is 3.35. The third kappa shape index (κ3) is 7.46. The zero-order chi connectivity index (χ0) is 21.0. The van der Waals surface area contributed by atoms with Gasteiger partial charge >= 0.3 is 12.3 Å². The summed E-state index contributed by atoms with van der Waals surface area (Å²) in [5.74, 6) is -0.982. The van der Waals surface area contributed by atoms with Crippen LogP contribution in [0.15, 0.2) is 42.5 Å². The molecule has 1 fully saturated rings. The van der Waals surface area contributed by atoms with Crippen LogP contribution in [0, 0.1) is 0 Å². The Morgan fingerprint density at radius 1 is 1.06 bits per heavy atom. The van der Waals surface area contributed by atoms with E-state index in [1.165, 1.54) is 31.2 Å². The number of ether oxygens (including phenoxy) is 2. The van der Waals surface area contributed by atoms with Crippen molar-refractivity contribution in [3.05, 3.63) is 53.6 Å². The number of carbonyl (C=O) groups excluding carboxylic acids is 1. The minimum atomic E-state index is -4.75. The number of hydrogen-bond acceptors (Lipinski definition) is 6. The Morgan fingerprint density at radius 2 is 1.65 bits per heavy atom. The maximum Gasteiger partial charge on any atom is 0.573 e. The van der Waals surface area contributed by atoms with Gasteiger partial charge in [0.15, 0.2) is 11.5 Å². The van der Waals surface area contributed by atoms with Crippen LogP contribution < -0.4 is 14.8 Å². The van der Waals surface area contributed by atoms with Gasteiger partial charge < -0.3 is 19.9 Å². The highest BCUT2D eigenvalue weighted by atomic mass is 35.5. The molecule has 0 amide bonds. The van der Waals surface area contributed by atoms with E-state index in [0.717, 1.165) is 37.3 Å². The summed E-state index contributed by atoms with van der Waals surface area (Å²) >= 11 is 0. The molecule has 2 aromatic rings. The van der Waals surface area contributed by atoms with Crippen molar-refractivity contribution in [3.63, 3.8) is 0 Å². The highest BCUT2D eigenvalue weighted by molar-refractivity contribution is 5.85. The summed E-state index contributed by atoms with van der Waals surface area (Å²) in [4.78, 5) is 13.3. The Kier molecular flexibility index (Phi) is 9.89. The summed E-state index contributed by atoms with van der Waals surface area (Å²) in [7, 11) is 0. The second kappa shape index (κ2) is 11.4. The van der Waals surface area contributed by atoms with Crippen LogP contribution in [0.4, 0.5) is 13.2 Å². The second-order valence-corrected chi connectivity index (χ2v) is 6.63. The van der Waals surface area contributed by atoms with Gasteiger partial charge in [0.1, 0.15) is 5.75 Å². The van der Waals surface area contributed by atoms with Crippen molar-refractivity contribution in [2.75, 3.05) is 26.2 Å². The van der Waals surface area contributed by atoms with Gasteiger partial charge in [-0.15, -0.1) is 38.0 Å². The maximum atomic E-state index is 12.4. The number of aromatic hydroxyl groups is 1. The first kappa shape index (κ1) is 26.8. The molecule has 2 aromatic carbocycles. The van der Waals surface area contributed by atoms with Crippen molar-refractivity contribution in [1.82, 2.24) is 10.2 Å². The van der Waals surface area contributed by atoms with E-state index < -0.39 is 12.3 Å². The molecule has 1 aliphatic rings. The Morgan fingerprint density at radius 3 is 2.16 bits per heavy atom. The van der Waals surface area contributed by atoms with E-state index in [4.69, 9.17) is 4.74 Å². The van der Waals surface area contributed by atoms with Crippen LogP contribution in [-0.2, 0) is 4.79 Å². The molecule has 1 saturated heterocycles. The van der Waals surface area contributed by atoms with Crippen LogP contribution in [-0.4, -0.2) is 48.5 Å². The summed E-state index contributed by atoms with van der Waals surface area (Å²) in [6.45, 7) is 4.21. The zero-order valence-electron chi connectivity index (χ0n) is 16.5. The molecule has 0 unspecified atom stereocenters. The summed E-state index contributed by atoms with van der Waals surface area (Å²) in [6.07, 6.45) is -4.75. The van der Waals surface area contributed by atoms with Crippen LogP contribution in [0.3, 0.4) is 0 Å². The second-order valence-electron chi connectivity index (χ2n) is 6.63. The lowest BCUT2D eigenvalue weighted by Crippen LogP contribution is -2.45. The molecule has 0 bridgehead atoms. The lowest BCUT2D eigenvalue weighted by molar-refractivity contribution is -0.274. The number of phenolic OH excluding ortho intramolecular Hbond substituents is 1. The van der Waals surface area contributed by atoms with Crippen molar-refractivity contribution in [3.8, 4) is 17.2 Å². The van der Waals surface area contributed by atoms with Crippen molar-refractivity contribution < 1.29 is 32.5 Å². The monoisotopic (exact) mass is 482 g/mol. The predicted molar refractivity (Wildman–Crippen MR) is 113 cm³/mol. The molecule has 0 radical (unpaired) electrons. The van der Waals surface area contributed by atoms with Crippen molar-refractivity contribution in [2.45, 2.75) is 19.3 Å². The number of piperazine rings is 1. The summed E-state index contributed by atoms with van der Waals surface area (Å²) in [6, 6.07) is 10.1. The first-order chi connectivity index (χ1) is 13.7. The summed E-state index contributed by atoms with van der Waals surface area (Å²) < 4.78 is 46.2. The van der Waals surface area contributed by atoms with E-state index in [1.54, 1.807) is 18.2 Å². The van der Waals surface area contributed by atoms with Gasteiger partial charge in [0.2, 0.25) is 0 Å². The minimum Gasteiger partial charge on any atom is -0.504 e. The molecule has 0 saturated carbocycles. The van der Waals surface area contributed by atoms with Gasteiger partial charge in [-0.05, 0) is 35.4 Å². The smallest absolute Gasteiger partial charge is 0.504 e. The van der Waals surface area contributed by atoms with E-state index in [2.05, 4.69) is 15.0 Å². The van der Waals surface area contributed by atoms with Gasteiger partial charge in [-0.25, -0.2) is 0 Å². The van der Waals surface area contributed by atoms with Crippen molar-refractivity contribution >= 4 is 30.8 Å². The topological polar surface area (TPSA) is 71.0 Å². The van der Waals surface area contributed by atoms with Crippen molar-refractivity contribution in [1.29, 1.82) is 0 Å². The molecular weight excluding hydrogens is 460 g/mol. The van der Waals surface area contributed by atoms with E-state index in [0.29, 0.717) is 0 Å². The number of esters is 1. The van der Waals surface area contributed by atoms with Crippen LogP contribution in [0.25, 0.3) is 0 Å². The average molecular weight is 483 g/mol. The Bertz CT molecular complexity index is 860. The van der Waals surface area contributed by atoms with Crippen LogP contribution in [0.5, 0.6) is 17.2 Å². The van der Waals surface area contributed by atoms with Gasteiger partial charge in [0.25, 0.3) is 0 Å². The number of phenols is 1. The largest absolute Gasteiger partial charge is 0.573 e. The SMILES string of the molecule is CC(=O)Oc1ccc([C@H](c2ccc(OC(F)(F)F)cc2)N2CCNCC2)cc1O.Cl.Cl. The summed E-state index contributed by atoms with van der Waals surface area (Å²) in [5, 5.41) is 13.5. The van der Waals surface area contributed by atoms with Gasteiger partial charge in [0.05, 0.1) is 6.04 Å². The molecule has 3 rings (SSSR count). The Labute approximate surface area is 190 Å². The van der Waals surface area contributed by atoms with Crippen molar-refractivity contribution in [2.24, 2.45) is 0 Å². The predicted octanol–water partition coefficient (Wildman–Crippen LogP) is 4.05. The van der Waals surface area contributed by atoms with E-state index in [1.807, 2.05) is 0 Å². The zero-order valence-corrected chi connectivity index (χ0v) is 18.1. The van der Waals surface area contributed by atoms with Gasteiger partial charge in [-0.3, -0.25) is 9.69 Å². The van der Waals surface area contributed by atoms with Crippen LogP contribution in [0.1, 0.15) is 24.1 Å². The highest BCUT2D eigenvalue weighted by Crippen LogP contribution is 2.36. The maximum absolute atomic E-state index is 12.4. The lowest BCUT2D eigenvalue weighted by atomic mass is 9.96. The first-order valence-electron chi connectivity index (χ1n) is 9.05. The molecule has 6 nitrogen and oxygen atoms in total. The van der Waals surface area contributed by atoms with Gasteiger partial charge in [0, 0.05) is 33.1 Å². The quantitative estimate of drug-likeness (QED) is 0.494. The third-order valence-electron chi connectivity index (χ3n) is 4.50. The van der Waals surface area contributed by atoms with Crippen LogP contribution in [0.2, 0.25) is 0 Å². The summed E-state index contributed by atoms with van der Waals surface area (Å²) in [5.41, 5.74) is 1.48. The lowest BCUT2D eigenvalue weighted by Gasteiger charge is -2.35. The Balaban J connectivity index is 0.00000240. The fraction of sp³-hybridized carbons (Fsp3) is 0.350. The number of rotatable bonds is 5. The number of alkyl halides is 3. The Hall–Kier alpha value is -2.20. The molecule has 1 atom stereocenters.